The van der Waals surface area contributed by atoms with E-state index in [4.69, 9.17) is 9.47 Å². The standard InChI is InChI=1S/C19H23N5O2/c1-3-14-11-18(24-19(23-14)20-12-21-24)22-15-4-5-17(13(2)10-15)26-16-6-8-25-9-7-16/h4-5,10-12,16,22H,3,6-9H2,1-2H3. The molecule has 0 bridgehead atoms. The van der Waals surface area contributed by atoms with Gasteiger partial charge in [-0.15, -0.1) is 0 Å². The van der Waals surface area contributed by atoms with Gasteiger partial charge in [-0.05, 0) is 37.1 Å². The summed E-state index contributed by atoms with van der Waals surface area (Å²) in [5.41, 5.74) is 3.05. The second kappa shape index (κ2) is 7.29. The van der Waals surface area contributed by atoms with Crippen LogP contribution in [0.3, 0.4) is 0 Å². The molecule has 1 aliphatic rings. The first kappa shape index (κ1) is 16.8. The molecule has 0 amide bonds. The molecular weight excluding hydrogens is 330 g/mol. The Morgan fingerprint density at radius 2 is 2.12 bits per heavy atom. The van der Waals surface area contributed by atoms with Gasteiger partial charge in [0.05, 0.1) is 13.2 Å². The van der Waals surface area contributed by atoms with Crippen LogP contribution in [-0.4, -0.2) is 38.9 Å². The summed E-state index contributed by atoms with van der Waals surface area (Å²) in [7, 11) is 0. The molecular formula is C19H23N5O2. The summed E-state index contributed by atoms with van der Waals surface area (Å²) in [6.45, 7) is 5.69. The van der Waals surface area contributed by atoms with Gasteiger partial charge in [-0.3, -0.25) is 0 Å². The minimum absolute atomic E-state index is 0.239. The second-order valence-corrected chi connectivity index (χ2v) is 6.49. The Morgan fingerprint density at radius 3 is 2.88 bits per heavy atom. The van der Waals surface area contributed by atoms with Crippen LogP contribution in [0.4, 0.5) is 11.5 Å². The highest BCUT2D eigenvalue weighted by Crippen LogP contribution is 2.27. The summed E-state index contributed by atoms with van der Waals surface area (Å²) in [5.74, 6) is 2.38. The summed E-state index contributed by atoms with van der Waals surface area (Å²) in [6, 6.07) is 8.14. The largest absolute Gasteiger partial charge is 0.490 e. The molecule has 26 heavy (non-hydrogen) atoms. The first-order valence-electron chi connectivity index (χ1n) is 9.04. The van der Waals surface area contributed by atoms with Crippen molar-refractivity contribution in [2.24, 2.45) is 0 Å². The molecule has 0 spiro atoms. The molecule has 3 heterocycles. The lowest BCUT2D eigenvalue weighted by Crippen LogP contribution is -2.26. The molecule has 0 unspecified atom stereocenters. The normalized spacial score (nSPS) is 15.3. The lowest BCUT2D eigenvalue weighted by atomic mass is 10.1. The van der Waals surface area contributed by atoms with Crippen molar-refractivity contribution in [3.63, 3.8) is 0 Å². The van der Waals surface area contributed by atoms with E-state index in [1.807, 2.05) is 18.2 Å². The summed E-state index contributed by atoms with van der Waals surface area (Å²) >= 11 is 0. The van der Waals surface area contributed by atoms with Crippen LogP contribution in [0.15, 0.2) is 30.6 Å². The monoisotopic (exact) mass is 353 g/mol. The van der Waals surface area contributed by atoms with Crippen LogP contribution in [0, 0.1) is 6.92 Å². The third kappa shape index (κ3) is 3.48. The molecule has 0 saturated carbocycles. The Bertz CT molecular complexity index is 902. The Hall–Kier alpha value is -2.67. The van der Waals surface area contributed by atoms with E-state index in [-0.39, 0.29) is 6.10 Å². The topological polar surface area (TPSA) is 73.6 Å². The quantitative estimate of drug-likeness (QED) is 0.759. The number of anilines is 2. The van der Waals surface area contributed by atoms with E-state index in [9.17, 15) is 0 Å². The highest BCUT2D eigenvalue weighted by atomic mass is 16.5. The molecule has 1 fully saturated rings. The van der Waals surface area contributed by atoms with Crippen LogP contribution in [-0.2, 0) is 11.2 Å². The van der Waals surface area contributed by atoms with Gasteiger partial charge in [0.15, 0.2) is 0 Å². The van der Waals surface area contributed by atoms with E-state index in [0.717, 1.165) is 61.0 Å². The number of nitrogens with zero attached hydrogens (tertiary/aromatic N) is 4. The molecule has 1 aromatic carbocycles. The van der Waals surface area contributed by atoms with Crippen LogP contribution in [0.5, 0.6) is 5.75 Å². The van der Waals surface area contributed by atoms with Crippen molar-refractivity contribution in [2.75, 3.05) is 18.5 Å². The highest BCUT2D eigenvalue weighted by molar-refractivity contribution is 5.61. The number of benzene rings is 1. The number of fused-ring (bicyclic) bond motifs is 1. The third-order valence-corrected chi connectivity index (χ3v) is 4.58. The van der Waals surface area contributed by atoms with Crippen molar-refractivity contribution >= 4 is 17.3 Å². The van der Waals surface area contributed by atoms with Gasteiger partial charge in [-0.2, -0.15) is 14.6 Å². The highest BCUT2D eigenvalue weighted by Gasteiger charge is 2.16. The van der Waals surface area contributed by atoms with Crippen LogP contribution < -0.4 is 10.1 Å². The summed E-state index contributed by atoms with van der Waals surface area (Å²) in [5, 5.41) is 7.68. The zero-order valence-electron chi connectivity index (χ0n) is 15.1. The predicted molar refractivity (Wildman–Crippen MR) is 99.1 cm³/mol. The van der Waals surface area contributed by atoms with Gasteiger partial charge in [-0.1, -0.05) is 6.92 Å². The van der Waals surface area contributed by atoms with Gasteiger partial charge < -0.3 is 14.8 Å². The Morgan fingerprint density at radius 1 is 1.27 bits per heavy atom. The van der Waals surface area contributed by atoms with Crippen LogP contribution in [0.2, 0.25) is 0 Å². The van der Waals surface area contributed by atoms with Crippen molar-refractivity contribution in [3.8, 4) is 5.75 Å². The molecule has 0 radical (unpaired) electrons. The molecule has 0 atom stereocenters. The van der Waals surface area contributed by atoms with Crippen LogP contribution in [0.1, 0.15) is 31.0 Å². The van der Waals surface area contributed by atoms with Crippen molar-refractivity contribution < 1.29 is 9.47 Å². The van der Waals surface area contributed by atoms with Crippen LogP contribution >= 0.6 is 0 Å². The average Bonchev–Trinajstić information content (AvgIpc) is 3.13. The Labute approximate surface area is 152 Å². The minimum Gasteiger partial charge on any atom is -0.490 e. The van der Waals surface area contributed by atoms with Crippen LogP contribution in [0.25, 0.3) is 5.78 Å². The molecule has 7 nitrogen and oxygen atoms in total. The van der Waals surface area contributed by atoms with Crippen molar-refractivity contribution in [1.82, 2.24) is 19.6 Å². The van der Waals surface area contributed by atoms with Gasteiger partial charge in [0, 0.05) is 30.3 Å². The maximum absolute atomic E-state index is 6.14. The lowest BCUT2D eigenvalue weighted by molar-refractivity contribution is 0.0253. The number of hydrogen-bond donors (Lipinski definition) is 1. The number of aromatic nitrogens is 4. The van der Waals surface area contributed by atoms with Crippen molar-refractivity contribution in [2.45, 2.75) is 39.2 Å². The van der Waals surface area contributed by atoms with Gasteiger partial charge in [-0.25, -0.2) is 4.98 Å². The number of nitrogens with one attached hydrogen (secondary N) is 1. The fourth-order valence-electron chi connectivity index (χ4n) is 3.11. The molecule has 1 N–H and O–H groups in total. The minimum atomic E-state index is 0.239. The van der Waals surface area contributed by atoms with Gasteiger partial charge in [0.2, 0.25) is 0 Å². The molecule has 2 aromatic heterocycles. The molecule has 3 aromatic rings. The number of aryl methyl sites for hydroxylation is 2. The average molecular weight is 353 g/mol. The Balaban J connectivity index is 1.55. The SMILES string of the molecule is CCc1cc(Nc2ccc(OC3CCOCC3)c(C)c2)n2ncnc2n1. The number of ether oxygens (including phenoxy) is 2. The zero-order chi connectivity index (χ0) is 17.9. The fraction of sp³-hybridized carbons (Fsp3) is 0.421. The van der Waals surface area contributed by atoms with E-state index in [2.05, 4.69) is 40.3 Å². The molecule has 1 aliphatic heterocycles. The summed E-state index contributed by atoms with van der Waals surface area (Å²) < 4.78 is 13.2. The smallest absolute Gasteiger partial charge is 0.254 e. The van der Waals surface area contributed by atoms with Crippen molar-refractivity contribution in [3.05, 3.63) is 41.9 Å². The fourth-order valence-corrected chi connectivity index (χ4v) is 3.11. The Kier molecular flexibility index (Phi) is 4.71. The molecule has 4 rings (SSSR count). The van der Waals surface area contributed by atoms with E-state index in [1.54, 1.807) is 4.52 Å². The van der Waals surface area contributed by atoms with Crippen molar-refractivity contribution in [1.29, 1.82) is 0 Å². The maximum Gasteiger partial charge on any atom is 0.254 e. The van der Waals surface area contributed by atoms with E-state index >= 15 is 0 Å². The number of rotatable bonds is 5. The number of hydrogen-bond acceptors (Lipinski definition) is 6. The van der Waals surface area contributed by atoms with Gasteiger partial charge in [0.1, 0.15) is 24.0 Å². The first-order chi connectivity index (χ1) is 12.7. The summed E-state index contributed by atoms with van der Waals surface area (Å²) in [4.78, 5) is 8.67. The molecule has 0 aliphatic carbocycles. The van der Waals surface area contributed by atoms with E-state index in [0.29, 0.717) is 5.78 Å². The lowest BCUT2D eigenvalue weighted by Gasteiger charge is -2.24. The third-order valence-electron chi connectivity index (χ3n) is 4.58. The maximum atomic E-state index is 6.14. The van der Waals surface area contributed by atoms with Gasteiger partial charge >= 0.3 is 0 Å². The predicted octanol–water partition coefficient (Wildman–Crippen LogP) is 3.30. The zero-order valence-corrected chi connectivity index (χ0v) is 15.1. The molecule has 136 valence electrons. The van der Waals surface area contributed by atoms with Gasteiger partial charge in [0.25, 0.3) is 5.78 Å². The first-order valence-corrected chi connectivity index (χ1v) is 9.04. The molecule has 1 saturated heterocycles. The summed E-state index contributed by atoms with van der Waals surface area (Å²) in [6.07, 6.45) is 4.49. The second-order valence-electron chi connectivity index (χ2n) is 6.49. The molecule has 7 heteroatoms. The van der Waals surface area contributed by atoms with E-state index in [1.165, 1.54) is 6.33 Å². The van der Waals surface area contributed by atoms with E-state index < -0.39 is 0 Å².